The highest BCUT2D eigenvalue weighted by molar-refractivity contribution is 5.88. The lowest BCUT2D eigenvalue weighted by atomic mass is 10.0. The molecule has 0 saturated heterocycles. The summed E-state index contributed by atoms with van der Waals surface area (Å²) in [7, 11) is 3.18. The number of aryl methyl sites for hydroxylation is 1. The zero-order valence-electron chi connectivity index (χ0n) is 20.0. The predicted molar refractivity (Wildman–Crippen MR) is 133 cm³/mol. The third-order valence-electron chi connectivity index (χ3n) is 5.70. The van der Waals surface area contributed by atoms with Crippen molar-refractivity contribution < 1.29 is 19.1 Å². The van der Waals surface area contributed by atoms with Gasteiger partial charge in [0, 0.05) is 20.0 Å². The van der Waals surface area contributed by atoms with Gasteiger partial charge < -0.3 is 19.7 Å². The molecule has 0 saturated carbocycles. The first kappa shape index (κ1) is 24.8. The van der Waals surface area contributed by atoms with Crippen molar-refractivity contribution in [3.8, 4) is 11.5 Å². The summed E-state index contributed by atoms with van der Waals surface area (Å²) in [6.07, 6.45) is 1.32. The normalized spacial score (nSPS) is 11.4. The Bertz CT molecular complexity index is 1070. The second-order valence-corrected chi connectivity index (χ2v) is 7.98. The number of rotatable bonds is 11. The van der Waals surface area contributed by atoms with Gasteiger partial charge in [0.2, 0.25) is 5.91 Å². The SMILES string of the molecule is CCc1ccc(OCC(=O)N(Cc2cccc(OC)c2)[C@@H](Cc2ccccc2)C(=O)NC)cc1. The molecule has 1 N–H and O–H groups in total. The van der Waals surface area contributed by atoms with E-state index in [1.807, 2.05) is 78.9 Å². The Hall–Kier alpha value is -3.80. The average molecular weight is 461 g/mol. The van der Waals surface area contributed by atoms with Crippen LogP contribution < -0.4 is 14.8 Å². The Labute approximate surface area is 201 Å². The third-order valence-corrected chi connectivity index (χ3v) is 5.70. The minimum Gasteiger partial charge on any atom is -0.497 e. The van der Waals surface area contributed by atoms with Crippen molar-refractivity contribution in [2.75, 3.05) is 20.8 Å². The molecule has 2 amide bonds. The van der Waals surface area contributed by atoms with Gasteiger partial charge in [-0.3, -0.25) is 9.59 Å². The number of hydrogen-bond acceptors (Lipinski definition) is 4. The zero-order chi connectivity index (χ0) is 24.3. The van der Waals surface area contributed by atoms with Crippen LogP contribution in [0.5, 0.6) is 11.5 Å². The Kier molecular flexibility index (Phi) is 9.09. The lowest BCUT2D eigenvalue weighted by Gasteiger charge is -2.31. The lowest BCUT2D eigenvalue weighted by Crippen LogP contribution is -2.51. The topological polar surface area (TPSA) is 67.9 Å². The number of likely N-dealkylation sites (N-methyl/N-ethyl adjacent to an activating group) is 1. The summed E-state index contributed by atoms with van der Waals surface area (Å²) in [6.45, 7) is 2.16. The molecule has 34 heavy (non-hydrogen) atoms. The van der Waals surface area contributed by atoms with Crippen LogP contribution in [-0.4, -0.2) is 43.5 Å². The van der Waals surface area contributed by atoms with Gasteiger partial charge in [0.1, 0.15) is 17.5 Å². The summed E-state index contributed by atoms with van der Waals surface area (Å²) in [6, 6.07) is 24.2. The van der Waals surface area contributed by atoms with Crippen LogP contribution in [0.2, 0.25) is 0 Å². The molecule has 3 rings (SSSR count). The second-order valence-electron chi connectivity index (χ2n) is 7.98. The van der Waals surface area contributed by atoms with E-state index in [1.54, 1.807) is 19.1 Å². The number of nitrogens with one attached hydrogen (secondary N) is 1. The maximum Gasteiger partial charge on any atom is 0.261 e. The monoisotopic (exact) mass is 460 g/mol. The number of methoxy groups -OCH3 is 1. The Morgan fingerprint density at radius 3 is 2.24 bits per heavy atom. The highest BCUT2D eigenvalue weighted by Gasteiger charge is 2.30. The van der Waals surface area contributed by atoms with Crippen molar-refractivity contribution in [3.05, 3.63) is 95.6 Å². The second kappa shape index (κ2) is 12.4. The molecule has 178 valence electrons. The zero-order valence-corrected chi connectivity index (χ0v) is 20.0. The summed E-state index contributed by atoms with van der Waals surface area (Å²) in [5.74, 6) is 0.808. The number of carbonyl (C=O) groups excluding carboxylic acids is 2. The fourth-order valence-corrected chi connectivity index (χ4v) is 3.74. The number of hydrogen-bond donors (Lipinski definition) is 1. The van der Waals surface area contributed by atoms with E-state index in [-0.39, 0.29) is 25.0 Å². The quantitative estimate of drug-likeness (QED) is 0.469. The summed E-state index contributed by atoms with van der Waals surface area (Å²) in [5.41, 5.74) is 3.03. The molecule has 6 nitrogen and oxygen atoms in total. The fraction of sp³-hybridized carbons (Fsp3) is 0.286. The molecule has 0 aliphatic rings. The van der Waals surface area contributed by atoms with E-state index in [0.717, 1.165) is 17.5 Å². The Balaban J connectivity index is 1.86. The summed E-state index contributed by atoms with van der Waals surface area (Å²) in [4.78, 5) is 28.0. The molecule has 0 fully saturated rings. The first-order chi connectivity index (χ1) is 16.5. The van der Waals surface area contributed by atoms with Crippen LogP contribution in [0.3, 0.4) is 0 Å². The fourth-order valence-electron chi connectivity index (χ4n) is 3.74. The van der Waals surface area contributed by atoms with E-state index in [9.17, 15) is 9.59 Å². The van der Waals surface area contributed by atoms with E-state index in [2.05, 4.69) is 12.2 Å². The molecule has 0 radical (unpaired) electrons. The van der Waals surface area contributed by atoms with E-state index in [4.69, 9.17) is 9.47 Å². The van der Waals surface area contributed by atoms with Crippen molar-refractivity contribution in [2.45, 2.75) is 32.4 Å². The van der Waals surface area contributed by atoms with E-state index in [0.29, 0.717) is 17.9 Å². The standard InChI is InChI=1S/C28H32N2O4/c1-4-21-13-15-24(16-14-21)34-20-27(31)30(19-23-11-8-12-25(17-23)33-3)26(28(32)29-2)18-22-9-6-5-7-10-22/h5-17,26H,4,18-20H2,1-3H3,(H,29,32)/t26-/m0/s1. The summed E-state index contributed by atoms with van der Waals surface area (Å²) >= 11 is 0. The van der Waals surface area contributed by atoms with E-state index in [1.165, 1.54) is 5.56 Å². The molecular weight excluding hydrogens is 428 g/mol. The van der Waals surface area contributed by atoms with Crippen LogP contribution in [0.15, 0.2) is 78.9 Å². The molecule has 0 spiro atoms. The minimum atomic E-state index is -0.697. The first-order valence-electron chi connectivity index (χ1n) is 11.4. The van der Waals surface area contributed by atoms with Crippen molar-refractivity contribution >= 4 is 11.8 Å². The molecule has 0 heterocycles. The summed E-state index contributed by atoms with van der Waals surface area (Å²) < 4.78 is 11.1. The number of ether oxygens (including phenoxy) is 2. The number of carbonyl (C=O) groups is 2. The molecule has 0 aliphatic heterocycles. The average Bonchev–Trinajstić information content (AvgIpc) is 2.89. The molecule has 1 atom stereocenters. The summed E-state index contributed by atoms with van der Waals surface area (Å²) in [5, 5.41) is 2.72. The van der Waals surface area contributed by atoms with Crippen LogP contribution >= 0.6 is 0 Å². The van der Waals surface area contributed by atoms with Crippen LogP contribution in [0.1, 0.15) is 23.6 Å². The highest BCUT2D eigenvalue weighted by atomic mass is 16.5. The van der Waals surface area contributed by atoms with Crippen LogP contribution in [0, 0.1) is 0 Å². The number of amides is 2. The number of benzene rings is 3. The highest BCUT2D eigenvalue weighted by Crippen LogP contribution is 2.19. The van der Waals surface area contributed by atoms with E-state index >= 15 is 0 Å². The maximum atomic E-state index is 13.4. The largest absolute Gasteiger partial charge is 0.497 e. The molecule has 0 bridgehead atoms. The van der Waals surface area contributed by atoms with Crippen LogP contribution in [-0.2, 0) is 29.0 Å². The van der Waals surface area contributed by atoms with Crippen molar-refractivity contribution in [1.82, 2.24) is 10.2 Å². The molecule has 0 aromatic heterocycles. The van der Waals surface area contributed by atoms with Gasteiger partial charge in [-0.15, -0.1) is 0 Å². The Morgan fingerprint density at radius 1 is 0.882 bits per heavy atom. The lowest BCUT2D eigenvalue weighted by molar-refractivity contribution is -0.142. The van der Waals surface area contributed by atoms with Gasteiger partial charge in [-0.1, -0.05) is 61.5 Å². The molecule has 6 heteroatoms. The van der Waals surface area contributed by atoms with Crippen LogP contribution in [0.25, 0.3) is 0 Å². The smallest absolute Gasteiger partial charge is 0.261 e. The molecule has 0 aliphatic carbocycles. The molecule has 0 unspecified atom stereocenters. The minimum absolute atomic E-state index is 0.169. The molecule has 3 aromatic carbocycles. The van der Waals surface area contributed by atoms with Gasteiger partial charge in [-0.2, -0.15) is 0 Å². The van der Waals surface area contributed by atoms with Gasteiger partial charge in [-0.05, 0) is 47.4 Å². The van der Waals surface area contributed by atoms with Gasteiger partial charge in [-0.25, -0.2) is 0 Å². The van der Waals surface area contributed by atoms with Gasteiger partial charge >= 0.3 is 0 Å². The van der Waals surface area contributed by atoms with Gasteiger partial charge in [0.25, 0.3) is 5.91 Å². The predicted octanol–water partition coefficient (Wildman–Crippen LogP) is 4.02. The van der Waals surface area contributed by atoms with Crippen molar-refractivity contribution in [2.24, 2.45) is 0 Å². The third kappa shape index (κ3) is 6.85. The number of nitrogens with zero attached hydrogens (tertiary/aromatic N) is 1. The first-order valence-corrected chi connectivity index (χ1v) is 11.4. The van der Waals surface area contributed by atoms with Gasteiger partial charge in [0.15, 0.2) is 6.61 Å². The van der Waals surface area contributed by atoms with E-state index < -0.39 is 6.04 Å². The molecule has 3 aromatic rings. The van der Waals surface area contributed by atoms with Gasteiger partial charge in [0.05, 0.1) is 7.11 Å². The Morgan fingerprint density at radius 2 is 1.59 bits per heavy atom. The maximum absolute atomic E-state index is 13.4. The van der Waals surface area contributed by atoms with Crippen molar-refractivity contribution in [1.29, 1.82) is 0 Å². The molecular formula is C28H32N2O4. The van der Waals surface area contributed by atoms with Crippen molar-refractivity contribution in [3.63, 3.8) is 0 Å². The van der Waals surface area contributed by atoms with Crippen LogP contribution in [0.4, 0.5) is 0 Å².